The lowest BCUT2D eigenvalue weighted by atomic mass is 9.87. The number of benzene rings is 1. The molecule has 0 aliphatic carbocycles. The van der Waals surface area contributed by atoms with Gasteiger partial charge < -0.3 is 5.32 Å². The second kappa shape index (κ2) is 17.0. The summed E-state index contributed by atoms with van der Waals surface area (Å²) in [6.45, 7) is 18.1. The quantitative estimate of drug-likeness (QED) is 0.183. The Balaban J connectivity index is 1.67. The second-order valence-corrected chi connectivity index (χ2v) is 13.1. The fraction of sp³-hybridized carbons (Fsp3) is 0.765. The molecule has 0 spiro atoms. The normalized spacial score (nSPS) is 15.0. The first kappa shape index (κ1) is 33.2. The lowest BCUT2D eigenvalue weighted by Gasteiger charge is -2.27. The number of unbranched alkanes of at least 4 members (excludes halogenated alkanes) is 9. The maximum atomic E-state index is 14.1. The Morgan fingerprint density at radius 2 is 1.34 bits per heavy atom. The first-order valence-electron chi connectivity index (χ1n) is 16.7. The maximum absolute atomic E-state index is 14.1. The Bertz CT molecular complexity index is 1020. The number of hydrogen-bond donors (Lipinski definition) is 1. The van der Waals surface area contributed by atoms with E-state index in [0.717, 1.165) is 44.6 Å². The van der Waals surface area contributed by atoms with Gasteiger partial charge in [0.15, 0.2) is 6.04 Å². The Labute approximate surface area is 250 Å². The van der Waals surface area contributed by atoms with Crippen LogP contribution in [0.5, 0.6) is 0 Å². The fourth-order valence-corrected chi connectivity index (χ4v) is 5.94. The molecule has 7 heteroatoms. The van der Waals surface area contributed by atoms with E-state index in [-0.39, 0.29) is 5.91 Å². The monoisotopic (exact) mass is 566 g/mol. The molecule has 2 aromatic rings. The number of hydrogen-bond acceptors (Lipinski definition) is 5. The van der Waals surface area contributed by atoms with Crippen LogP contribution in [0.4, 0.5) is 5.69 Å². The largest absolute Gasteiger partial charge is 0.324 e. The number of likely N-dealkylation sites (tertiary alicyclic amines) is 1. The lowest BCUT2D eigenvalue weighted by Crippen LogP contribution is -2.37. The van der Waals surface area contributed by atoms with E-state index in [2.05, 4.69) is 81.1 Å². The van der Waals surface area contributed by atoms with E-state index in [1.807, 2.05) is 0 Å². The van der Waals surface area contributed by atoms with Crippen LogP contribution in [0.15, 0.2) is 12.1 Å². The van der Waals surface area contributed by atoms with Crippen LogP contribution in [-0.4, -0.2) is 44.1 Å². The minimum atomic E-state index is -0.524. The molecule has 1 fully saturated rings. The zero-order chi connectivity index (χ0) is 29.8. The van der Waals surface area contributed by atoms with Crippen LogP contribution >= 0.6 is 0 Å². The molecule has 1 saturated heterocycles. The highest BCUT2D eigenvalue weighted by Gasteiger charge is 2.34. The SMILES string of the molecule is CCCCCCCCCCCCn1nnc(C(C(=O)Nc2c(C(C)C)cc(C(C)C)cc2C(C)C)N2CCCC2)n1. The minimum Gasteiger partial charge on any atom is -0.324 e. The third-order valence-electron chi connectivity index (χ3n) is 8.56. The molecule has 41 heavy (non-hydrogen) atoms. The zero-order valence-electron chi connectivity index (χ0n) is 27.2. The minimum absolute atomic E-state index is 0.0496. The van der Waals surface area contributed by atoms with E-state index in [0.29, 0.717) is 23.6 Å². The van der Waals surface area contributed by atoms with Crippen molar-refractivity contribution in [2.24, 2.45) is 0 Å². The predicted molar refractivity (Wildman–Crippen MR) is 171 cm³/mol. The molecule has 230 valence electrons. The topological polar surface area (TPSA) is 75.9 Å². The molecule has 0 saturated carbocycles. The average molecular weight is 567 g/mol. The first-order valence-corrected chi connectivity index (χ1v) is 16.7. The van der Waals surface area contributed by atoms with E-state index < -0.39 is 6.04 Å². The van der Waals surface area contributed by atoms with Crippen molar-refractivity contribution < 1.29 is 4.79 Å². The standard InChI is InChI=1S/C34H58N6O/c1-8-9-10-11-12-13-14-15-16-17-22-40-37-33(36-38-40)32(39-20-18-19-21-39)34(41)35-31-29(26(4)5)23-28(25(2)3)24-30(31)27(6)7/h23-27,32H,8-22H2,1-7H3,(H,35,41). The number of aromatic nitrogens is 4. The molecule has 2 heterocycles. The van der Waals surface area contributed by atoms with Gasteiger partial charge in [0.25, 0.3) is 0 Å². The summed E-state index contributed by atoms with van der Waals surface area (Å²) in [7, 11) is 0. The number of carbonyl (C=O) groups excluding carboxylic acids is 1. The highest BCUT2D eigenvalue weighted by molar-refractivity contribution is 5.96. The molecular weight excluding hydrogens is 508 g/mol. The van der Waals surface area contributed by atoms with Crippen molar-refractivity contribution >= 4 is 11.6 Å². The summed E-state index contributed by atoms with van der Waals surface area (Å²) in [5.74, 6) is 1.50. The zero-order valence-corrected chi connectivity index (χ0v) is 27.2. The molecule has 1 amide bonds. The summed E-state index contributed by atoms with van der Waals surface area (Å²) < 4.78 is 0. The van der Waals surface area contributed by atoms with Gasteiger partial charge in [-0.15, -0.1) is 10.2 Å². The van der Waals surface area contributed by atoms with Crippen molar-refractivity contribution in [3.8, 4) is 0 Å². The summed E-state index contributed by atoms with van der Waals surface area (Å²) >= 11 is 0. The molecular formula is C34H58N6O. The smallest absolute Gasteiger partial charge is 0.249 e. The molecule has 1 aromatic heterocycles. The molecule has 1 aliphatic heterocycles. The number of anilines is 1. The van der Waals surface area contributed by atoms with Gasteiger partial charge in [-0.3, -0.25) is 9.69 Å². The van der Waals surface area contributed by atoms with E-state index in [4.69, 9.17) is 5.10 Å². The summed E-state index contributed by atoms with van der Waals surface area (Å²) in [4.78, 5) is 18.0. The molecule has 3 rings (SSSR count). The van der Waals surface area contributed by atoms with Gasteiger partial charge in [-0.2, -0.15) is 4.80 Å². The molecule has 1 aromatic carbocycles. The van der Waals surface area contributed by atoms with E-state index in [1.54, 1.807) is 4.80 Å². The van der Waals surface area contributed by atoms with Crippen LogP contribution in [0.25, 0.3) is 0 Å². The molecule has 1 unspecified atom stereocenters. The van der Waals surface area contributed by atoms with Crippen LogP contribution in [-0.2, 0) is 11.3 Å². The van der Waals surface area contributed by atoms with Crippen LogP contribution in [0.2, 0.25) is 0 Å². The summed E-state index contributed by atoms with van der Waals surface area (Å²) in [6.07, 6.45) is 15.2. The van der Waals surface area contributed by atoms with Crippen molar-refractivity contribution in [3.63, 3.8) is 0 Å². The highest BCUT2D eigenvalue weighted by Crippen LogP contribution is 2.37. The van der Waals surface area contributed by atoms with Gasteiger partial charge in [0, 0.05) is 5.69 Å². The molecule has 1 aliphatic rings. The molecule has 1 atom stereocenters. The fourth-order valence-electron chi connectivity index (χ4n) is 5.94. The van der Waals surface area contributed by atoms with Crippen LogP contribution in [0, 0.1) is 0 Å². The maximum Gasteiger partial charge on any atom is 0.249 e. The Morgan fingerprint density at radius 1 is 0.805 bits per heavy atom. The van der Waals surface area contributed by atoms with E-state index >= 15 is 0 Å². The van der Waals surface area contributed by atoms with Crippen LogP contribution in [0.1, 0.15) is 172 Å². The van der Waals surface area contributed by atoms with Crippen LogP contribution < -0.4 is 5.32 Å². The summed E-state index contributed by atoms with van der Waals surface area (Å²) in [6, 6.07) is 4.04. The third kappa shape index (κ3) is 9.90. The number of nitrogens with one attached hydrogen (secondary N) is 1. The predicted octanol–water partition coefficient (Wildman–Crippen LogP) is 8.74. The van der Waals surface area contributed by atoms with Crippen molar-refractivity contribution in [3.05, 3.63) is 34.6 Å². The number of rotatable bonds is 18. The molecule has 0 bridgehead atoms. The van der Waals surface area contributed by atoms with Crippen molar-refractivity contribution in [1.82, 2.24) is 25.1 Å². The summed E-state index contributed by atoms with van der Waals surface area (Å²) in [5, 5.41) is 16.9. The van der Waals surface area contributed by atoms with Gasteiger partial charge in [-0.05, 0) is 72.0 Å². The molecule has 1 N–H and O–H groups in total. The van der Waals surface area contributed by atoms with Crippen molar-refractivity contribution in [2.45, 2.75) is 156 Å². The van der Waals surface area contributed by atoms with Gasteiger partial charge >= 0.3 is 0 Å². The third-order valence-corrected chi connectivity index (χ3v) is 8.56. The number of amides is 1. The number of aryl methyl sites for hydroxylation is 1. The lowest BCUT2D eigenvalue weighted by molar-refractivity contribution is -0.121. The van der Waals surface area contributed by atoms with E-state index in [1.165, 1.54) is 74.5 Å². The summed E-state index contributed by atoms with van der Waals surface area (Å²) in [5.41, 5.74) is 4.69. The van der Waals surface area contributed by atoms with Crippen molar-refractivity contribution in [2.75, 3.05) is 18.4 Å². The Hall–Kier alpha value is -2.28. The number of nitrogens with zero attached hydrogens (tertiary/aromatic N) is 5. The van der Waals surface area contributed by atoms with Gasteiger partial charge in [-0.1, -0.05) is 118 Å². The molecule has 0 radical (unpaired) electrons. The number of tetrazole rings is 1. The van der Waals surface area contributed by atoms with E-state index in [9.17, 15) is 4.79 Å². The average Bonchev–Trinajstić information content (AvgIpc) is 3.62. The second-order valence-electron chi connectivity index (χ2n) is 13.1. The first-order chi connectivity index (χ1) is 19.7. The Morgan fingerprint density at radius 3 is 1.85 bits per heavy atom. The van der Waals surface area contributed by atoms with Gasteiger partial charge in [-0.25, -0.2) is 0 Å². The van der Waals surface area contributed by atoms with Gasteiger partial charge in [0.2, 0.25) is 11.7 Å². The highest BCUT2D eigenvalue weighted by atomic mass is 16.2. The van der Waals surface area contributed by atoms with Gasteiger partial charge in [0.1, 0.15) is 0 Å². The Kier molecular flexibility index (Phi) is 13.8. The van der Waals surface area contributed by atoms with Gasteiger partial charge in [0.05, 0.1) is 6.54 Å². The number of carbonyl (C=O) groups is 1. The van der Waals surface area contributed by atoms with Crippen LogP contribution in [0.3, 0.4) is 0 Å². The van der Waals surface area contributed by atoms with Crippen molar-refractivity contribution in [1.29, 1.82) is 0 Å². The molecule has 7 nitrogen and oxygen atoms in total.